The van der Waals surface area contributed by atoms with E-state index in [1.807, 2.05) is 36.9 Å². The molecule has 0 aliphatic heterocycles. The van der Waals surface area contributed by atoms with Gasteiger partial charge in [-0.05, 0) is 52.9 Å². The van der Waals surface area contributed by atoms with Gasteiger partial charge in [-0.2, -0.15) is 5.10 Å². The Kier molecular flexibility index (Phi) is 5.74. The van der Waals surface area contributed by atoms with E-state index in [1.165, 1.54) is 11.1 Å². The molecule has 0 saturated carbocycles. The number of carboxylic acids is 1. The maximum atomic E-state index is 11.3. The first-order chi connectivity index (χ1) is 16.4. The van der Waals surface area contributed by atoms with E-state index in [0.717, 1.165) is 51.9 Å². The standard InChI is InChI=1S/C28H29N3O3/c1-30(2)26-13-18(8-11-27(32)33)12-24(21-9-10-25-22(14-21)17-29-31(25)3)28(26)34-23-15-19-6-4-5-7-20(19)16-23/h4-7,9-10,12-14,17,23H,8,11,15-16H2,1-3H3,(H,32,33). The van der Waals surface area contributed by atoms with Crippen LogP contribution in [0.1, 0.15) is 23.1 Å². The smallest absolute Gasteiger partial charge is 0.303 e. The number of nitrogens with zero attached hydrogens (tertiary/aromatic N) is 3. The lowest BCUT2D eigenvalue weighted by atomic mass is 9.97. The second-order valence-electron chi connectivity index (χ2n) is 9.24. The number of aliphatic carboxylic acids is 1. The number of ether oxygens (including phenoxy) is 1. The third-order valence-electron chi connectivity index (χ3n) is 6.59. The molecule has 34 heavy (non-hydrogen) atoms. The number of anilines is 1. The highest BCUT2D eigenvalue weighted by Crippen LogP contribution is 2.42. The summed E-state index contributed by atoms with van der Waals surface area (Å²) in [7, 11) is 5.94. The van der Waals surface area contributed by atoms with Crippen LogP contribution in [0.3, 0.4) is 0 Å². The molecular weight excluding hydrogens is 426 g/mol. The Morgan fingerprint density at radius 3 is 2.53 bits per heavy atom. The molecule has 0 saturated heterocycles. The van der Waals surface area contributed by atoms with E-state index in [0.29, 0.717) is 6.42 Å². The molecule has 6 heteroatoms. The maximum absolute atomic E-state index is 11.3. The van der Waals surface area contributed by atoms with Crippen molar-refractivity contribution in [1.82, 2.24) is 9.78 Å². The van der Waals surface area contributed by atoms with Gasteiger partial charge in [-0.15, -0.1) is 0 Å². The highest BCUT2D eigenvalue weighted by atomic mass is 16.5. The summed E-state index contributed by atoms with van der Waals surface area (Å²) in [6.45, 7) is 0. The first-order valence-corrected chi connectivity index (χ1v) is 11.6. The first-order valence-electron chi connectivity index (χ1n) is 11.6. The van der Waals surface area contributed by atoms with Crippen molar-refractivity contribution in [3.8, 4) is 16.9 Å². The molecule has 174 valence electrons. The number of aromatic nitrogens is 2. The molecule has 6 nitrogen and oxygen atoms in total. The summed E-state index contributed by atoms with van der Waals surface area (Å²) in [6, 6.07) is 19.0. The molecule has 0 bridgehead atoms. The molecule has 0 unspecified atom stereocenters. The van der Waals surface area contributed by atoms with Crippen molar-refractivity contribution in [1.29, 1.82) is 0 Å². The van der Waals surface area contributed by atoms with Crippen LogP contribution in [0.15, 0.2) is 60.8 Å². The van der Waals surface area contributed by atoms with E-state index >= 15 is 0 Å². The SMILES string of the molecule is CN(C)c1cc(CCC(=O)O)cc(-c2ccc3c(cnn3C)c2)c1OC1Cc2ccccc2C1. The highest BCUT2D eigenvalue weighted by molar-refractivity contribution is 5.88. The minimum atomic E-state index is -0.797. The molecular formula is C28H29N3O3. The molecule has 1 aliphatic rings. The van der Waals surface area contributed by atoms with Crippen molar-refractivity contribution in [3.05, 3.63) is 77.5 Å². The molecule has 0 atom stereocenters. The minimum absolute atomic E-state index is 0.0573. The molecule has 0 spiro atoms. The Hall–Kier alpha value is -3.80. The van der Waals surface area contributed by atoms with Gasteiger partial charge in [0.2, 0.25) is 0 Å². The van der Waals surface area contributed by atoms with Crippen molar-refractivity contribution in [3.63, 3.8) is 0 Å². The molecule has 1 N–H and O–H groups in total. The number of benzene rings is 3. The van der Waals surface area contributed by atoms with Crippen LogP contribution in [0, 0.1) is 0 Å². The van der Waals surface area contributed by atoms with Crippen molar-refractivity contribution >= 4 is 22.6 Å². The van der Waals surface area contributed by atoms with E-state index in [1.54, 1.807) is 0 Å². The Balaban J connectivity index is 1.60. The third-order valence-corrected chi connectivity index (χ3v) is 6.59. The summed E-state index contributed by atoms with van der Waals surface area (Å²) in [5.74, 6) is 0.0406. The van der Waals surface area contributed by atoms with Gasteiger partial charge in [-0.3, -0.25) is 9.48 Å². The van der Waals surface area contributed by atoms with E-state index in [2.05, 4.69) is 59.7 Å². The highest BCUT2D eigenvalue weighted by Gasteiger charge is 2.26. The summed E-state index contributed by atoms with van der Waals surface area (Å²) in [5, 5.41) is 14.7. The largest absolute Gasteiger partial charge is 0.487 e. The van der Waals surface area contributed by atoms with Crippen molar-refractivity contribution in [2.24, 2.45) is 7.05 Å². The molecule has 1 aromatic heterocycles. The summed E-state index contributed by atoms with van der Waals surface area (Å²) in [5.41, 5.74) is 7.70. The molecule has 1 aliphatic carbocycles. The summed E-state index contributed by atoms with van der Waals surface area (Å²) < 4.78 is 8.62. The predicted molar refractivity (Wildman–Crippen MR) is 135 cm³/mol. The molecule has 5 rings (SSSR count). The number of rotatable bonds is 7. The fourth-order valence-electron chi connectivity index (χ4n) is 4.84. The molecule has 4 aromatic rings. The van der Waals surface area contributed by atoms with Crippen LogP contribution < -0.4 is 9.64 Å². The van der Waals surface area contributed by atoms with E-state index in [4.69, 9.17) is 4.74 Å². The monoisotopic (exact) mass is 455 g/mol. The number of hydrogen-bond acceptors (Lipinski definition) is 4. The van der Waals surface area contributed by atoms with Crippen molar-refractivity contribution in [2.45, 2.75) is 31.8 Å². The van der Waals surface area contributed by atoms with Gasteiger partial charge in [0, 0.05) is 51.4 Å². The van der Waals surface area contributed by atoms with Crippen LogP contribution in [0.25, 0.3) is 22.0 Å². The lowest BCUT2D eigenvalue weighted by molar-refractivity contribution is -0.136. The number of aryl methyl sites for hydroxylation is 2. The minimum Gasteiger partial charge on any atom is -0.487 e. The van der Waals surface area contributed by atoms with Crippen LogP contribution in [-0.2, 0) is 31.1 Å². The molecule has 3 aromatic carbocycles. The number of fused-ring (bicyclic) bond motifs is 2. The fourth-order valence-corrected chi connectivity index (χ4v) is 4.84. The van der Waals surface area contributed by atoms with Crippen LogP contribution in [-0.4, -0.2) is 41.1 Å². The quantitative estimate of drug-likeness (QED) is 0.431. The first kappa shape index (κ1) is 22.0. The van der Waals surface area contributed by atoms with E-state index < -0.39 is 5.97 Å². The molecule has 0 amide bonds. The lowest BCUT2D eigenvalue weighted by Crippen LogP contribution is -2.20. The van der Waals surface area contributed by atoms with Gasteiger partial charge in [-0.25, -0.2) is 0 Å². The Labute approximate surface area is 199 Å². The van der Waals surface area contributed by atoms with Gasteiger partial charge < -0.3 is 14.7 Å². The zero-order valence-electron chi connectivity index (χ0n) is 19.8. The topological polar surface area (TPSA) is 67.6 Å². The van der Waals surface area contributed by atoms with E-state index in [9.17, 15) is 9.90 Å². The Morgan fingerprint density at radius 2 is 1.85 bits per heavy atom. The second-order valence-corrected chi connectivity index (χ2v) is 9.24. The van der Waals surface area contributed by atoms with Gasteiger partial charge in [0.1, 0.15) is 6.10 Å². The third kappa shape index (κ3) is 4.23. The molecule has 0 fully saturated rings. The molecule has 1 heterocycles. The average Bonchev–Trinajstić information content (AvgIpc) is 3.40. The molecule has 0 radical (unpaired) electrons. The van der Waals surface area contributed by atoms with Gasteiger partial charge in [-0.1, -0.05) is 30.3 Å². The zero-order valence-corrected chi connectivity index (χ0v) is 19.8. The summed E-state index contributed by atoms with van der Waals surface area (Å²) >= 11 is 0. The summed E-state index contributed by atoms with van der Waals surface area (Å²) in [4.78, 5) is 13.3. The van der Waals surface area contributed by atoms with Crippen LogP contribution in [0.5, 0.6) is 5.75 Å². The van der Waals surface area contributed by atoms with Crippen LogP contribution in [0.2, 0.25) is 0 Å². The summed E-state index contributed by atoms with van der Waals surface area (Å²) in [6.07, 6.45) is 4.24. The zero-order chi connectivity index (χ0) is 23.8. The van der Waals surface area contributed by atoms with E-state index in [-0.39, 0.29) is 12.5 Å². The number of hydrogen-bond donors (Lipinski definition) is 1. The number of carboxylic acid groups (broad SMARTS) is 1. The van der Waals surface area contributed by atoms with Crippen molar-refractivity contribution < 1.29 is 14.6 Å². The number of carbonyl (C=O) groups is 1. The van der Waals surface area contributed by atoms with Crippen LogP contribution in [0.4, 0.5) is 5.69 Å². The average molecular weight is 456 g/mol. The van der Waals surface area contributed by atoms with Gasteiger partial charge in [0.15, 0.2) is 5.75 Å². The van der Waals surface area contributed by atoms with Crippen molar-refractivity contribution in [2.75, 3.05) is 19.0 Å². The normalized spacial score (nSPS) is 13.3. The second kappa shape index (κ2) is 8.86. The van der Waals surface area contributed by atoms with Crippen LogP contribution >= 0.6 is 0 Å². The van der Waals surface area contributed by atoms with Gasteiger partial charge in [0.25, 0.3) is 0 Å². The van der Waals surface area contributed by atoms with Gasteiger partial charge >= 0.3 is 5.97 Å². The predicted octanol–water partition coefficient (Wildman–Crippen LogP) is 4.87. The Bertz CT molecular complexity index is 1350. The maximum Gasteiger partial charge on any atom is 0.303 e. The Morgan fingerprint density at radius 1 is 1.12 bits per heavy atom. The van der Waals surface area contributed by atoms with Gasteiger partial charge in [0.05, 0.1) is 17.4 Å². The fraction of sp³-hybridized carbons (Fsp3) is 0.286. The lowest BCUT2D eigenvalue weighted by Gasteiger charge is -2.25.